The van der Waals surface area contributed by atoms with E-state index in [4.69, 9.17) is 5.73 Å². The molecular formula is C13H18INO. The van der Waals surface area contributed by atoms with E-state index in [2.05, 4.69) is 46.9 Å². The minimum atomic E-state index is -0.225. The molecule has 88 valence electrons. The van der Waals surface area contributed by atoms with Gasteiger partial charge in [-0.2, -0.15) is 0 Å². The van der Waals surface area contributed by atoms with E-state index in [1.807, 2.05) is 0 Å². The minimum absolute atomic E-state index is 0.0766. The van der Waals surface area contributed by atoms with Gasteiger partial charge in [-0.15, -0.1) is 0 Å². The number of aliphatic hydroxyl groups excluding tert-OH is 1. The summed E-state index contributed by atoms with van der Waals surface area (Å²) < 4.78 is 1.25. The highest BCUT2D eigenvalue weighted by Gasteiger charge is 2.40. The summed E-state index contributed by atoms with van der Waals surface area (Å²) in [6, 6.07) is 8.51. The van der Waals surface area contributed by atoms with Gasteiger partial charge in [0.15, 0.2) is 0 Å². The van der Waals surface area contributed by atoms with Crippen molar-refractivity contribution >= 4 is 22.6 Å². The average Bonchev–Trinajstić information content (AvgIpc) is 2.64. The van der Waals surface area contributed by atoms with Crippen molar-refractivity contribution in [3.8, 4) is 0 Å². The maximum absolute atomic E-state index is 10.1. The van der Waals surface area contributed by atoms with Gasteiger partial charge in [0, 0.05) is 15.5 Å². The fraction of sp³-hybridized carbons (Fsp3) is 0.538. The molecule has 3 heteroatoms. The normalized spacial score (nSPS) is 29.6. The largest absolute Gasteiger partial charge is 0.392 e. The molecule has 2 atom stereocenters. The number of rotatable bonds is 3. The van der Waals surface area contributed by atoms with Gasteiger partial charge in [0.1, 0.15) is 0 Å². The topological polar surface area (TPSA) is 46.2 Å². The Morgan fingerprint density at radius 1 is 1.38 bits per heavy atom. The van der Waals surface area contributed by atoms with Gasteiger partial charge >= 0.3 is 0 Å². The van der Waals surface area contributed by atoms with Crippen LogP contribution < -0.4 is 5.73 Å². The van der Waals surface area contributed by atoms with E-state index >= 15 is 0 Å². The third-order valence-corrected chi connectivity index (χ3v) is 4.45. The van der Waals surface area contributed by atoms with Crippen LogP contribution in [0.3, 0.4) is 0 Å². The van der Waals surface area contributed by atoms with Crippen molar-refractivity contribution in [2.45, 2.75) is 31.8 Å². The van der Waals surface area contributed by atoms with Crippen LogP contribution in [0.1, 0.15) is 24.8 Å². The van der Waals surface area contributed by atoms with E-state index in [1.54, 1.807) is 0 Å². The summed E-state index contributed by atoms with van der Waals surface area (Å²) in [6.07, 6.45) is 3.74. The molecule has 1 fully saturated rings. The Morgan fingerprint density at radius 2 is 2.06 bits per heavy atom. The molecule has 2 rings (SSSR count). The second-order valence-electron chi connectivity index (χ2n) is 4.78. The quantitative estimate of drug-likeness (QED) is 0.835. The van der Waals surface area contributed by atoms with E-state index in [1.165, 1.54) is 9.13 Å². The third-order valence-electron chi connectivity index (χ3n) is 3.74. The summed E-state index contributed by atoms with van der Waals surface area (Å²) in [7, 11) is 0. The standard InChI is InChI=1S/C13H18INO/c14-11-5-3-10(4-6-11)8-13(9-15)7-1-2-12(13)16/h3-6,12,16H,1-2,7-9,15H2. The van der Waals surface area contributed by atoms with Gasteiger partial charge in [0.05, 0.1) is 6.10 Å². The summed E-state index contributed by atoms with van der Waals surface area (Å²) in [5.74, 6) is 0. The molecule has 0 bridgehead atoms. The lowest BCUT2D eigenvalue weighted by molar-refractivity contribution is 0.0588. The van der Waals surface area contributed by atoms with Crippen LogP contribution in [0.2, 0.25) is 0 Å². The van der Waals surface area contributed by atoms with Crippen LogP contribution in [-0.4, -0.2) is 17.8 Å². The smallest absolute Gasteiger partial charge is 0.0611 e. The molecule has 1 aliphatic carbocycles. The Bertz CT molecular complexity index is 351. The lowest BCUT2D eigenvalue weighted by Gasteiger charge is -2.31. The highest BCUT2D eigenvalue weighted by atomic mass is 127. The Labute approximate surface area is 110 Å². The van der Waals surface area contributed by atoms with E-state index in [9.17, 15) is 5.11 Å². The molecule has 0 saturated heterocycles. The highest BCUT2D eigenvalue weighted by molar-refractivity contribution is 14.1. The Morgan fingerprint density at radius 3 is 2.56 bits per heavy atom. The van der Waals surface area contributed by atoms with Crippen molar-refractivity contribution in [1.82, 2.24) is 0 Å². The first-order valence-electron chi connectivity index (χ1n) is 5.79. The van der Waals surface area contributed by atoms with E-state index in [-0.39, 0.29) is 11.5 Å². The number of hydrogen-bond acceptors (Lipinski definition) is 2. The van der Waals surface area contributed by atoms with E-state index in [0.29, 0.717) is 6.54 Å². The number of benzene rings is 1. The summed E-state index contributed by atoms with van der Waals surface area (Å²) in [5, 5.41) is 10.1. The second-order valence-corrected chi connectivity index (χ2v) is 6.02. The first-order valence-corrected chi connectivity index (χ1v) is 6.87. The monoisotopic (exact) mass is 331 g/mol. The van der Waals surface area contributed by atoms with Gasteiger partial charge in [-0.1, -0.05) is 18.6 Å². The second kappa shape index (κ2) is 5.02. The summed E-state index contributed by atoms with van der Waals surface area (Å²) in [6.45, 7) is 0.583. The first-order chi connectivity index (χ1) is 7.66. The van der Waals surface area contributed by atoms with Crippen molar-refractivity contribution in [3.05, 3.63) is 33.4 Å². The predicted octanol–water partition coefficient (Wildman–Crippen LogP) is 2.32. The fourth-order valence-electron chi connectivity index (χ4n) is 2.65. The van der Waals surface area contributed by atoms with Gasteiger partial charge in [-0.25, -0.2) is 0 Å². The van der Waals surface area contributed by atoms with Crippen LogP contribution in [0.25, 0.3) is 0 Å². The Balaban J connectivity index is 2.15. The molecule has 0 radical (unpaired) electrons. The van der Waals surface area contributed by atoms with Gasteiger partial charge in [0.2, 0.25) is 0 Å². The molecule has 1 aliphatic rings. The molecule has 0 aromatic heterocycles. The number of nitrogens with two attached hydrogens (primary N) is 1. The SMILES string of the molecule is NCC1(Cc2ccc(I)cc2)CCCC1O. The molecule has 0 spiro atoms. The summed E-state index contributed by atoms with van der Waals surface area (Å²) in [5.41, 5.74) is 7.08. The molecular weight excluding hydrogens is 313 g/mol. The van der Waals surface area contributed by atoms with Crippen LogP contribution in [0.4, 0.5) is 0 Å². The minimum Gasteiger partial charge on any atom is -0.392 e. The van der Waals surface area contributed by atoms with Crippen LogP contribution in [0, 0.1) is 8.99 Å². The summed E-state index contributed by atoms with van der Waals surface area (Å²) >= 11 is 2.30. The molecule has 3 N–H and O–H groups in total. The number of aliphatic hydroxyl groups is 1. The highest BCUT2D eigenvalue weighted by Crippen LogP contribution is 2.40. The molecule has 2 unspecified atom stereocenters. The molecule has 2 nitrogen and oxygen atoms in total. The van der Waals surface area contributed by atoms with E-state index in [0.717, 1.165) is 25.7 Å². The molecule has 1 saturated carbocycles. The maximum Gasteiger partial charge on any atom is 0.0611 e. The van der Waals surface area contributed by atoms with Crippen molar-refractivity contribution in [3.63, 3.8) is 0 Å². The molecule has 1 aromatic rings. The van der Waals surface area contributed by atoms with Crippen molar-refractivity contribution in [2.24, 2.45) is 11.1 Å². The first kappa shape index (κ1) is 12.3. The maximum atomic E-state index is 10.1. The van der Waals surface area contributed by atoms with Gasteiger partial charge in [-0.3, -0.25) is 0 Å². The lowest BCUT2D eigenvalue weighted by Crippen LogP contribution is -2.39. The van der Waals surface area contributed by atoms with Crippen LogP contribution in [0.5, 0.6) is 0 Å². The number of halogens is 1. The predicted molar refractivity (Wildman–Crippen MR) is 74.2 cm³/mol. The van der Waals surface area contributed by atoms with Gasteiger partial charge in [0.25, 0.3) is 0 Å². The van der Waals surface area contributed by atoms with Crippen molar-refractivity contribution < 1.29 is 5.11 Å². The lowest BCUT2D eigenvalue weighted by atomic mass is 9.78. The zero-order valence-corrected chi connectivity index (χ0v) is 11.5. The molecule has 0 aliphatic heterocycles. The van der Waals surface area contributed by atoms with Gasteiger partial charge in [-0.05, 0) is 59.5 Å². The van der Waals surface area contributed by atoms with Crippen LogP contribution >= 0.6 is 22.6 Å². The molecule has 1 aromatic carbocycles. The summed E-state index contributed by atoms with van der Waals surface area (Å²) in [4.78, 5) is 0. The molecule has 0 heterocycles. The fourth-order valence-corrected chi connectivity index (χ4v) is 3.01. The Kier molecular flexibility index (Phi) is 3.87. The van der Waals surface area contributed by atoms with Crippen LogP contribution in [-0.2, 0) is 6.42 Å². The number of hydrogen-bond donors (Lipinski definition) is 2. The molecule has 0 amide bonds. The zero-order chi connectivity index (χ0) is 11.6. The molecule has 16 heavy (non-hydrogen) atoms. The third kappa shape index (κ3) is 2.41. The zero-order valence-electron chi connectivity index (χ0n) is 9.32. The van der Waals surface area contributed by atoms with E-state index < -0.39 is 0 Å². The van der Waals surface area contributed by atoms with Crippen LogP contribution in [0.15, 0.2) is 24.3 Å². The van der Waals surface area contributed by atoms with Gasteiger partial charge < -0.3 is 10.8 Å². The Hall–Kier alpha value is -0.130. The van der Waals surface area contributed by atoms with Crippen molar-refractivity contribution in [2.75, 3.05) is 6.54 Å². The van der Waals surface area contributed by atoms with Crippen molar-refractivity contribution in [1.29, 1.82) is 0 Å². The average molecular weight is 331 g/mol.